The molecule has 1 fully saturated rings. The number of para-hydroxylation sites is 1. The van der Waals surface area contributed by atoms with E-state index in [2.05, 4.69) is 38.3 Å². The smallest absolute Gasteiger partial charge is 0.291 e. The van der Waals surface area contributed by atoms with Crippen LogP contribution >= 0.6 is 15.9 Å². The van der Waals surface area contributed by atoms with Crippen LogP contribution < -0.4 is 10.2 Å². The van der Waals surface area contributed by atoms with Gasteiger partial charge < -0.3 is 19.5 Å². The van der Waals surface area contributed by atoms with Crippen LogP contribution in [0.4, 0.5) is 11.4 Å². The van der Waals surface area contributed by atoms with Crippen molar-refractivity contribution in [2.24, 2.45) is 0 Å². The second-order valence-electron chi connectivity index (χ2n) is 7.62. The van der Waals surface area contributed by atoms with E-state index in [9.17, 15) is 9.59 Å². The zero-order valence-electron chi connectivity index (χ0n) is 17.3. The molecule has 31 heavy (non-hydrogen) atoms. The number of anilines is 2. The Kier molecular flexibility index (Phi) is 6.42. The first kappa shape index (κ1) is 21.2. The summed E-state index contributed by atoms with van der Waals surface area (Å²) in [7, 11) is 1.80. The highest BCUT2D eigenvalue weighted by molar-refractivity contribution is 9.10. The number of hydrogen-bond donors (Lipinski definition) is 1. The maximum Gasteiger partial charge on any atom is 0.291 e. The molecule has 2 heterocycles. The SMILES string of the molecule is CN(Cc1ccccc1N1CCCC1)C(=O)c1cccc(NC(=O)c2ccc(Br)o2)c1. The van der Waals surface area contributed by atoms with E-state index < -0.39 is 0 Å². The fraction of sp³-hybridized carbons (Fsp3) is 0.250. The number of furan rings is 1. The van der Waals surface area contributed by atoms with Gasteiger partial charge in [0.05, 0.1) is 0 Å². The number of carbonyl (C=O) groups is 2. The van der Waals surface area contributed by atoms with Crippen LogP contribution in [0.2, 0.25) is 0 Å². The molecular weight excluding hydrogens is 458 g/mol. The molecule has 0 saturated carbocycles. The van der Waals surface area contributed by atoms with E-state index in [4.69, 9.17) is 4.42 Å². The molecule has 0 bridgehead atoms. The van der Waals surface area contributed by atoms with Crippen LogP contribution in [0.1, 0.15) is 39.3 Å². The van der Waals surface area contributed by atoms with Crippen LogP contribution in [0.15, 0.2) is 69.8 Å². The topological polar surface area (TPSA) is 65.8 Å². The summed E-state index contributed by atoms with van der Waals surface area (Å²) in [5.74, 6) is -0.282. The Morgan fingerprint density at radius 2 is 1.84 bits per heavy atom. The van der Waals surface area contributed by atoms with E-state index in [0.717, 1.165) is 18.7 Å². The minimum Gasteiger partial charge on any atom is -0.444 e. The number of benzene rings is 2. The largest absolute Gasteiger partial charge is 0.444 e. The van der Waals surface area contributed by atoms with Gasteiger partial charge in [-0.05, 0) is 70.7 Å². The lowest BCUT2D eigenvalue weighted by Crippen LogP contribution is -2.28. The van der Waals surface area contributed by atoms with Gasteiger partial charge in [-0.15, -0.1) is 0 Å². The first-order valence-corrected chi connectivity index (χ1v) is 11.1. The van der Waals surface area contributed by atoms with Crippen LogP contribution in [-0.4, -0.2) is 36.9 Å². The summed E-state index contributed by atoms with van der Waals surface area (Å²) in [5, 5.41) is 2.77. The van der Waals surface area contributed by atoms with E-state index >= 15 is 0 Å². The lowest BCUT2D eigenvalue weighted by molar-refractivity contribution is 0.0785. The molecule has 160 valence electrons. The number of nitrogens with one attached hydrogen (secondary N) is 1. The Hall–Kier alpha value is -3.06. The summed E-state index contributed by atoms with van der Waals surface area (Å²) >= 11 is 3.19. The van der Waals surface area contributed by atoms with Crippen molar-refractivity contribution in [2.75, 3.05) is 30.4 Å². The number of halogens is 1. The standard InChI is InChI=1S/C24H24BrN3O3/c1-27(16-18-7-2-3-10-20(18)28-13-4-5-14-28)24(30)17-8-6-9-19(15-17)26-23(29)21-11-12-22(25)31-21/h2-3,6-12,15H,4-5,13-14,16H2,1H3,(H,26,29). The third-order valence-electron chi connectivity index (χ3n) is 5.36. The molecule has 0 atom stereocenters. The molecule has 7 heteroatoms. The first-order chi connectivity index (χ1) is 15.0. The number of nitrogens with zero attached hydrogens (tertiary/aromatic N) is 2. The fourth-order valence-electron chi connectivity index (χ4n) is 3.82. The molecule has 0 radical (unpaired) electrons. The molecule has 1 aliphatic rings. The summed E-state index contributed by atoms with van der Waals surface area (Å²) in [6.07, 6.45) is 2.41. The van der Waals surface area contributed by atoms with Gasteiger partial charge in [0.15, 0.2) is 10.4 Å². The van der Waals surface area contributed by atoms with Gasteiger partial charge >= 0.3 is 0 Å². The Morgan fingerprint density at radius 3 is 2.58 bits per heavy atom. The number of rotatable bonds is 6. The first-order valence-electron chi connectivity index (χ1n) is 10.3. The quantitative estimate of drug-likeness (QED) is 0.527. The van der Waals surface area contributed by atoms with E-state index in [-0.39, 0.29) is 17.6 Å². The molecule has 1 saturated heterocycles. The third-order valence-corrected chi connectivity index (χ3v) is 5.78. The molecule has 2 aromatic carbocycles. The van der Waals surface area contributed by atoms with Crippen molar-refractivity contribution >= 4 is 39.1 Å². The van der Waals surface area contributed by atoms with Crippen LogP contribution in [0.3, 0.4) is 0 Å². The molecule has 0 unspecified atom stereocenters. The summed E-state index contributed by atoms with van der Waals surface area (Å²) in [6.45, 7) is 2.63. The Balaban J connectivity index is 1.46. The Labute approximate surface area is 190 Å². The van der Waals surface area contributed by atoms with Gasteiger partial charge in [-0.2, -0.15) is 0 Å². The van der Waals surface area contributed by atoms with Crippen molar-refractivity contribution < 1.29 is 14.0 Å². The molecule has 0 spiro atoms. The van der Waals surface area contributed by atoms with Gasteiger partial charge in [0, 0.05) is 43.6 Å². The zero-order valence-corrected chi connectivity index (χ0v) is 18.9. The van der Waals surface area contributed by atoms with Crippen molar-refractivity contribution in [2.45, 2.75) is 19.4 Å². The van der Waals surface area contributed by atoms with Crippen molar-refractivity contribution in [3.8, 4) is 0 Å². The summed E-state index contributed by atoms with van der Waals surface area (Å²) in [4.78, 5) is 29.5. The molecule has 1 aromatic heterocycles. The van der Waals surface area contributed by atoms with E-state index in [1.807, 2.05) is 12.1 Å². The van der Waals surface area contributed by atoms with E-state index in [1.165, 1.54) is 18.5 Å². The van der Waals surface area contributed by atoms with Crippen molar-refractivity contribution in [1.82, 2.24) is 4.90 Å². The average molecular weight is 482 g/mol. The normalized spacial score (nSPS) is 13.3. The highest BCUT2D eigenvalue weighted by atomic mass is 79.9. The predicted octanol–water partition coefficient (Wildman–Crippen LogP) is 5.17. The molecule has 2 amide bonds. The predicted molar refractivity (Wildman–Crippen MR) is 124 cm³/mol. The van der Waals surface area contributed by atoms with Gasteiger partial charge in [0.2, 0.25) is 0 Å². The van der Waals surface area contributed by atoms with Gasteiger partial charge in [0.1, 0.15) is 0 Å². The summed E-state index contributed by atoms with van der Waals surface area (Å²) in [5.41, 5.74) is 3.38. The van der Waals surface area contributed by atoms with E-state index in [0.29, 0.717) is 22.5 Å². The van der Waals surface area contributed by atoms with Gasteiger partial charge in [0.25, 0.3) is 11.8 Å². The minimum absolute atomic E-state index is 0.104. The second-order valence-corrected chi connectivity index (χ2v) is 8.40. The number of hydrogen-bond acceptors (Lipinski definition) is 4. The van der Waals surface area contributed by atoms with Gasteiger partial charge in [-0.25, -0.2) is 0 Å². The molecule has 1 N–H and O–H groups in total. The van der Waals surface area contributed by atoms with Crippen LogP contribution in [0.25, 0.3) is 0 Å². The van der Waals surface area contributed by atoms with Gasteiger partial charge in [-0.3, -0.25) is 9.59 Å². The number of amides is 2. The van der Waals surface area contributed by atoms with E-state index in [1.54, 1.807) is 48.3 Å². The molecule has 1 aliphatic heterocycles. The van der Waals surface area contributed by atoms with Crippen molar-refractivity contribution in [3.63, 3.8) is 0 Å². The highest BCUT2D eigenvalue weighted by Gasteiger charge is 2.19. The van der Waals surface area contributed by atoms with Crippen molar-refractivity contribution in [1.29, 1.82) is 0 Å². The molecule has 0 aliphatic carbocycles. The van der Waals surface area contributed by atoms with Gasteiger partial charge in [-0.1, -0.05) is 24.3 Å². The molecule has 3 aromatic rings. The lowest BCUT2D eigenvalue weighted by Gasteiger charge is -2.24. The zero-order chi connectivity index (χ0) is 21.8. The Bertz CT molecular complexity index is 1090. The maximum atomic E-state index is 13.1. The maximum absolute atomic E-state index is 13.1. The van der Waals surface area contributed by atoms with Crippen LogP contribution in [0.5, 0.6) is 0 Å². The average Bonchev–Trinajstić information content (AvgIpc) is 3.46. The van der Waals surface area contributed by atoms with Crippen molar-refractivity contribution in [3.05, 3.63) is 82.2 Å². The number of carbonyl (C=O) groups excluding carboxylic acids is 2. The minimum atomic E-state index is -0.372. The monoisotopic (exact) mass is 481 g/mol. The lowest BCUT2D eigenvalue weighted by atomic mass is 10.1. The molecule has 4 rings (SSSR count). The molecule has 6 nitrogen and oxygen atoms in total. The fourth-order valence-corrected chi connectivity index (χ4v) is 4.12. The van der Waals surface area contributed by atoms with Crippen LogP contribution in [0, 0.1) is 0 Å². The summed E-state index contributed by atoms with van der Waals surface area (Å²) < 4.78 is 5.76. The third kappa shape index (κ3) is 4.99. The van der Waals surface area contributed by atoms with Crippen LogP contribution in [-0.2, 0) is 6.54 Å². The Morgan fingerprint density at radius 1 is 1.06 bits per heavy atom. The molecular formula is C24H24BrN3O3. The highest BCUT2D eigenvalue weighted by Crippen LogP contribution is 2.26. The summed E-state index contributed by atoms with van der Waals surface area (Å²) in [6, 6.07) is 18.4. The second kappa shape index (κ2) is 9.39.